The van der Waals surface area contributed by atoms with Gasteiger partial charge in [0.15, 0.2) is 0 Å². The number of hydrogen-bond acceptors (Lipinski definition) is 3. The summed E-state index contributed by atoms with van der Waals surface area (Å²) in [6.45, 7) is 0.511. The molecule has 3 rings (SSSR count). The second kappa shape index (κ2) is 8.31. The minimum atomic E-state index is -0.398. The zero-order chi connectivity index (χ0) is 18.4. The Morgan fingerprint density at radius 3 is 2.50 bits per heavy atom. The fourth-order valence-corrected chi connectivity index (χ4v) is 2.56. The maximum absolute atomic E-state index is 12.0. The Labute approximate surface area is 155 Å². The van der Waals surface area contributed by atoms with Crippen molar-refractivity contribution in [1.29, 1.82) is 0 Å². The molecule has 2 N–H and O–H groups in total. The molecule has 6 nitrogen and oxygen atoms in total. The summed E-state index contributed by atoms with van der Waals surface area (Å²) in [4.78, 5) is 23.9. The summed E-state index contributed by atoms with van der Waals surface area (Å²) in [5.41, 5.74) is 1.92. The Morgan fingerprint density at radius 2 is 1.73 bits per heavy atom. The van der Waals surface area contributed by atoms with E-state index >= 15 is 0 Å². The van der Waals surface area contributed by atoms with E-state index in [-0.39, 0.29) is 18.6 Å². The van der Waals surface area contributed by atoms with Crippen LogP contribution in [0.3, 0.4) is 0 Å². The van der Waals surface area contributed by atoms with Gasteiger partial charge in [-0.2, -0.15) is 5.10 Å². The molecule has 0 atom stereocenters. The van der Waals surface area contributed by atoms with Gasteiger partial charge < -0.3 is 10.6 Å². The molecule has 7 heteroatoms. The van der Waals surface area contributed by atoms with E-state index in [4.69, 9.17) is 11.6 Å². The molecule has 0 saturated carbocycles. The molecule has 0 unspecified atom stereocenters. The number of nitrogens with zero attached hydrogens (tertiary/aromatic N) is 2. The summed E-state index contributed by atoms with van der Waals surface area (Å²) < 4.78 is 1.33. The van der Waals surface area contributed by atoms with Crippen LogP contribution < -0.4 is 16.2 Å². The number of hydrogen-bond donors (Lipinski definition) is 2. The monoisotopic (exact) mass is 368 g/mol. The van der Waals surface area contributed by atoms with Crippen molar-refractivity contribution in [2.45, 2.75) is 6.54 Å². The molecule has 0 fully saturated rings. The van der Waals surface area contributed by atoms with Crippen LogP contribution in [0.4, 0.5) is 10.5 Å². The molecule has 0 saturated heterocycles. The van der Waals surface area contributed by atoms with Gasteiger partial charge in [-0.3, -0.25) is 4.79 Å². The highest BCUT2D eigenvalue weighted by Crippen LogP contribution is 2.20. The fourth-order valence-electron chi connectivity index (χ4n) is 2.38. The van der Waals surface area contributed by atoms with Crippen molar-refractivity contribution in [3.8, 4) is 11.3 Å². The average Bonchev–Trinajstić information content (AvgIpc) is 2.66. The quantitative estimate of drug-likeness (QED) is 0.724. The molecule has 1 aromatic heterocycles. The van der Waals surface area contributed by atoms with E-state index in [2.05, 4.69) is 15.7 Å². The molecule has 1 heterocycles. The molecule has 0 aliphatic carbocycles. The van der Waals surface area contributed by atoms with E-state index in [1.165, 1.54) is 10.7 Å². The first-order valence-corrected chi connectivity index (χ1v) is 8.44. The van der Waals surface area contributed by atoms with Crippen LogP contribution in [0, 0.1) is 0 Å². The van der Waals surface area contributed by atoms with Gasteiger partial charge in [-0.1, -0.05) is 54.1 Å². The fraction of sp³-hybridized carbons (Fsp3) is 0.105. The van der Waals surface area contributed by atoms with Crippen molar-refractivity contribution < 1.29 is 4.79 Å². The van der Waals surface area contributed by atoms with Crippen molar-refractivity contribution >= 4 is 23.3 Å². The van der Waals surface area contributed by atoms with E-state index < -0.39 is 6.03 Å². The number of nitrogens with one attached hydrogen (secondary N) is 2. The van der Waals surface area contributed by atoms with Crippen molar-refractivity contribution in [3.63, 3.8) is 0 Å². The van der Waals surface area contributed by atoms with E-state index in [0.29, 0.717) is 16.4 Å². The lowest BCUT2D eigenvalue weighted by Gasteiger charge is -2.10. The minimum absolute atomic E-state index is 0.224. The zero-order valence-corrected chi connectivity index (χ0v) is 14.6. The van der Waals surface area contributed by atoms with Crippen molar-refractivity contribution in [2.75, 3.05) is 11.9 Å². The molecule has 3 aromatic rings. The Kier molecular flexibility index (Phi) is 5.66. The standard InChI is InChI=1S/C19H17ClN4O2/c20-15-8-4-5-9-17(15)22-19(26)21-12-13-24-18(25)11-10-16(23-24)14-6-2-1-3-7-14/h1-11H,12-13H2,(H2,21,22,26). The van der Waals surface area contributed by atoms with Crippen LogP contribution in [-0.2, 0) is 6.54 Å². The molecular formula is C19H17ClN4O2. The highest BCUT2D eigenvalue weighted by Gasteiger charge is 2.06. The van der Waals surface area contributed by atoms with Gasteiger partial charge in [-0.25, -0.2) is 9.48 Å². The topological polar surface area (TPSA) is 76.0 Å². The zero-order valence-electron chi connectivity index (χ0n) is 13.9. The van der Waals surface area contributed by atoms with Gasteiger partial charge in [0.25, 0.3) is 5.56 Å². The van der Waals surface area contributed by atoms with Gasteiger partial charge in [-0.05, 0) is 18.2 Å². The van der Waals surface area contributed by atoms with Crippen LogP contribution in [-0.4, -0.2) is 22.4 Å². The SMILES string of the molecule is O=C(NCCn1nc(-c2ccccc2)ccc1=O)Nc1ccccc1Cl. The molecule has 0 radical (unpaired) electrons. The number of amides is 2. The maximum atomic E-state index is 12.0. The van der Waals surface area contributed by atoms with Gasteiger partial charge in [0, 0.05) is 18.2 Å². The maximum Gasteiger partial charge on any atom is 0.319 e. The summed E-state index contributed by atoms with van der Waals surface area (Å²) in [6.07, 6.45) is 0. The number of aromatic nitrogens is 2. The predicted molar refractivity (Wildman–Crippen MR) is 102 cm³/mol. The first-order valence-electron chi connectivity index (χ1n) is 8.06. The lowest BCUT2D eigenvalue weighted by Crippen LogP contribution is -2.34. The summed E-state index contributed by atoms with van der Waals surface area (Å²) in [5.74, 6) is 0. The summed E-state index contributed by atoms with van der Waals surface area (Å²) in [5, 5.41) is 10.1. The third-order valence-corrected chi connectivity index (χ3v) is 4.00. The van der Waals surface area contributed by atoms with Crippen LogP contribution in [0.2, 0.25) is 5.02 Å². The number of anilines is 1. The number of para-hydroxylation sites is 1. The Bertz CT molecular complexity index is 957. The van der Waals surface area contributed by atoms with Crippen molar-refractivity contribution in [2.24, 2.45) is 0 Å². The van der Waals surface area contributed by atoms with E-state index in [9.17, 15) is 9.59 Å². The third-order valence-electron chi connectivity index (χ3n) is 3.67. The molecule has 2 aromatic carbocycles. The highest BCUT2D eigenvalue weighted by atomic mass is 35.5. The Balaban J connectivity index is 1.60. The highest BCUT2D eigenvalue weighted by molar-refractivity contribution is 6.33. The van der Waals surface area contributed by atoms with Gasteiger partial charge in [0.05, 0.1) is 22.9 Å². The van der Waals surface area contributed by atoms with Gasteiger partial charge in [-0.15, -0.1) is 0 Å². The van der Waals surface area contributed by atoms with E-state index in [0.717, 1.165) is 5.56 Å². The summed E-state index contributed by atoms with van der Waals surface area (Å²) >= 11 is 6.00. The Morgan fingerprint density at radius 1 is 1.00 bits per heavy atom. The van der Waals surface area contributed by atoms with Crippen molar-refractivity contribution in [1.82, 2.24) is 15.1 Å². The van der Waals surface area contributed by atoms with Crippen molar-refractivity contribution in [3.05, 3.63) is 82.1 Å². The molecule has 26 heavy (non-hydrogen) atoms. The number of rotatable bonds is 5. The van der Waals surface area contributed by atoms with Gasteiger partial charge in [0.1, 0.15) is 0 Å². The van der Waals surface area contributed by atoms with Crippen LogP contribution in [0.1, 0.15) is 0 Å². The number of benzene rings is 2. The molecular weight excluding hydrogens is 352 g/mol. The van der Waals surface area contributed by atoms with E-state index in [1.807, 2.05) is 30.3 Å². The smallest absolute Gasteiger partial charge is 0.319 e. The molecule has 0 bridgehead atoms. The number of halogens is 1. The van der Waals surface area contributed by atoms with Gasteiger partial charge >= 0.3 is 6.03 Å². The molecule has 0 spiro atoms. The third kappa shape index (κ3) is 4.49. The average molecular weight is 369 g/mol. The molecule has 132 valence electrons. The number of carbonyl (C=O) groups is 1. The normalized spacial score (nSPS) is 10.3. The molecule has 0 aliphatic heterocycles. The molecule has 0 aliphatic rings. The Hall–Kier alpha value is -3.12. The summed E-state index contributed by atoms with van der Waals surface area (Å²) in [6, 6.07) is 19.3. The first kappa shape index (κ1) is 17.7. The van der Waals surface area contributed by atoms with Crippen LogP contribution in [0.5, 0.6) is 0 Å². The second-order valence-corrected chi connectivity index (χ2v) is 5.91. The van der Waals surface area contributed by atoms with Gasteiger partial charge in [0.2, 0.25) is 0 Å². The first-order chi connectivity index (χ1) is 12.6. The molecule has 2 amide bonds. The van der Waals surface area contributed by atoms with Crippen LogP contribution in [0.25, 0.3) is 11.3 Å². The lowest BCUT2D eigenvalue weighted by atomic mass is 10.1. The van der Waals surface area contributed by atoms with Crippen LogP contribution >= 0.6 is 11.6 Å². The number of urea groups is 1. The predicted octanol–water partition coefficient (Wildman–Crippen LogP) is 3.39. The second-order valence-electron chi connectivity index (χ2n) is 5.51. The number of carbonyl (C=O) groups excluding carboxylic acids is 1. The minimum Gasteiger partial charge on any atom is -0.336 e. The summed E-state index contributed by atoms with van der Waals surface area (Å²) in [7, 11) is 0. The lowest BCUT2D eigenvalue weighted by molar-refractivity contribution is 0.251. The van der Waals surface area contributed by atoms with Crippen LogP contribution in [0.15, 0.2) is 71.5 Å². The van der Waals surface area contributed by atoms with E-state index in [1.54, 1.807) is 30.3 Å². The largest absolute Gasteiger partial charge is 0.336 e.